The number of aryl methyl sites for hydroxylation is 1. The summed E-state index contributed by atoms with van der Waals surface area (Å²) >= 11 is 6.10. The van der Waals surface area contributed by atoms with Crippen LogP contribution in [0.5, 0.6) is 0 Å². The highest BCUT2D eigenvalue weighted by Crippen LogP contribution is 2.25. The first kappa shape index (κ1) is 19.8. The molecular formula is C19H20ClFN2O3S. The monoisotopic (exact) mass is 410 g/mol. The topological polar surface area (TPSA) is 66.5 Å². The van der Waals surface area contributed by atoms with Crippen LogP contribution in [0.2, 0.25) is 5.02 Å². The van der Waals surface area contributed by atoms with Crippen molar-refractivity contribution in [3.63, 3.8) is 0 Å². The quantitative estimate of drug-likeness (QED) is 0.820. The Hall–Kier alpha value is -1.96. The first-order valence-corrected chi connectivity index (χ1v) is 10.4. The minimum absolute atomic E-state index is 0.0420. The van der Waals surface area contributed by atoms with Crippen molar-refractivity contribution in [2.24, 2.45) is 0 Å². The van der Waals surface area contributed by atoms with Crippen molar-refractivity contribution in [1.29, 1.82) is 0 Å². The third-order valence-electron chi connectivity index (χ3n) is 4.57. The van der Waals surface area contributed by atoms with E-state index >= 15 is 0 Å². The van der Waals surface area contributed by atoms with E-state index < -0.39 is 15.9 Å². The van der Waals surface area contributed by atoms with Crippen LogP contribution >= 0.6 is 11.6 Å². The third-order valence-corrected chi connectivity index (χ3v) is 6.80. The Morgan fingerprint density at radius 1 is 1.19 bits per heavy atom. The predicted octanol–water partition coefficient (Wildman–Crippen LogP) is 3.50. The minimum atomic E-state index is -3.64. The lowest BCUT2D eigenvalue weighted by atomic mass is 10.1. The van der Waals surface area contributed by atoms with Gasteiger partial charge in [-0.1, -0.05) is 23.7 Å². The lowest BCUT2D eigenvalue weighted by molar-refractivity contribution is 0.0951. The second-order valence-corrected chi connectivity index (χ2v) is 8.86. The number of rotatable bonds is 5. The van der Waals surface area contributed by atoms with Crippen LogP contribution in [0.15, 0.2) is 41.3 Å². The fourth-order valence-electron chi connectivity index (χ4n) is 2.94. The maximum atomic E-state index is 13.6. The lowest BCUT2D eigenvalue weighted by Gasteiger charge is -2.16. The Morgan fingerprint density at radius 3 is 2.56 bits per heavy atom. The molecule has 1 aliphatic heterocycles. The molecule has 1 amide bonds. The molecule has 0 radical (unpaired) electrons. The number of sulfonamides is 1. The zero-order valence-electron chi connectivity index (χ0n) is 14.8. The van der Waals surface area contributed by atoms with Crippen molar-refractivity contribution in [1.82, 2.24) is 9.62 Å². The maximum Gasteiger partial charge on any atom is 0.253 e. The first-order valence-electron chi connectivity index (χ1n) is 8.62. The fourth-order valence-corrected chi connectivity index (χ4v) is 4.69. The van der Waals surface area contributed by atoms with Gasteiger partial charge in [-0.3, -0.25) is 4.79 Å². The number of carbonyl (C=O) groups excluding carboxylic acids is 1. The normalized spacial score (nSPS) is 15.1. The summed E-state index contributed by atoms with van der Waals surface area (Å²) < 4.78 is 40.4. The molecule has 0 aromatic heterocycles. The highest BCUT2D eigenvalue weighted by atomic mass is 35.5. The molecule has 2 aromatic carbocycles. The molecular weight excluding hydrogens is 391 g/mol. The number of nitrogens with zero attached hydrogens (tertiary/aromatic N) is 1. The van der Waals surface area contributed by atoms with Gasteiger partial charge < -0.3 is 5.32 Å². The molecule has 2 aromatic rings. The SMILES string of the molecule is Cc1ccc(CNC(=O)c2cc(S(=O)(=O)N3CCCC3)ccc2Cl)cc1F. The molecule has 1 fully saturated rings. The molecule has 1 saturated heterocycles. The van der Waals surface area contributed by atoms with E-state index in [1.165, 1.54) is 28.6 Å². The molecule has 5 nitrogen and oxygen atoms in total. The predicted molar refractivity (Wildman–Crippen MR) is 102 cm³/mol. The van der Waals surface area contributed by atoms with Crippen molar-refractivity contribution in [2.45, 2.75) is 31.2 Å². The first-order chi connectivity index (χ1) is 12.8. The van der Waals surface area contributed by atoms with Crippen molar-refractivity contribution >= 4 is 27.5 Å². The van der Waals surface area contributed by atoms with Gasteiger partial charge in [0.25, 0.3) is 5.91 Å². The molecule has 0 saturated carbocycles. The number of hydrogen-bond donors (Lipinski definition) is 1. The summed E-state index contributed by atoms with van der Waals surface area (Å²) in [6, 6.07) is 8.81. The highest BCUT2D eigenvalue weighted by Gasteiger charge is 2.28. The van der Waals surface area contributed by atoms with Gasteiger partial charge in [-0.25, -0.2) is 12.8 Å². The number of halogens is 2. The Kier molecular flexibility index (Phi) is 5.83. The molecule has 8 heteroatoms. The van der Waals surface area contributed by atoms with E-state index in [0.29, 0.717) is 24.2 Å². The zero-order valence-corrected chi connectivity index (χ0v) is 16.4. The largest absolute Gasteiger partial charge is 0.348 e. The molecule has 1 aliphatic rings. The minimum Gasteiger partial charge on any atom is -0.348 e. The molecule has 0 unspecified atom stereocenters. The third kappa shape index (κ3) is 4.31. The molecule has 0 spiro atoms. The van der Waals surface area contributed by atoms with Crippen molar-refractivity contribution in [3.8, 4) is 0 Å². The molecule has 1 N–H and O–H groups in total. The van der Waals surface area contributed by atoms with Crippen LogP contribution in [0.1, 0.15) is 34.3 Å². The second kappa shape index (κ2) is 7.96. The number of carbonyl (C=O) groups is 1. The zero-order chi connectivity index (χ0) is 19.6. The van der Waals surface area contributed by atoms with Crippen LogP contribution in [0.3, 0.4) is 0 Å². The average molecular weight is 411 g/mol. The van der Waals surface area contributed by atoms with Gasteiger partial charge in [0.05, 0.1) is 15.5 Å². The molecule has 0 aliphatic carbocycles. The number of nitrogens with one attached hydrogen (secondary N) is 1. The summed E-state index contributed by atoms with van der Waals surface area (Å²) in [5.74, 6) is -0.863. The van der Waals surface area contributed by atoms with Crippen molar-refractivity contribution < 1.29 is 17.6 Å². The average Bonchev–Trinajstić information content (AvgIpc) is 3.18. The lowest BCUT2D eigenvalue weighted by Crippen LogP contribution is -2.28. The summed E-state index contributed by atoms with van der Waals surface area (Å²) in [5, 5.41) is 2.81. The molecule has 1 heterocycles. The van der Waals surface area contributed by atoms with Crippen molar-refractivity contribution in [3.05, 3.63) is 63.9 Å². The van der Waals surface area contributed by atoms with Crippen LogP contribution < -0.4 is 5.32 Å². The summed E-state index contributed by atoms with van der Waals surface area (Å²) in [7, 11) is -3.64. The molecule has 144 valence electrons. The Bertz CT molecular complexity index is 973. The van der Waals surface area contributed by atoms with Crippen LogP contribution in [0.4, 0.5) is 4.39 Å². The maximum absolute atomic E-state index is 13.6. The van der Waals surface area contributed by atoms with E-state index in [4.69, 9.17) is 11.6 Å². The van der Waals surface area contributed by atoms with E-state index in [2.05, 4.69) is 5.32 Å². The second-order valence-electron chi connectivity index (χ2n) is 6.52. The summed E-state index contributed by atoms with van der Waals surface area (Å²) in [4.78, 5) is 12.5. The van der Waals surface area contributed by atoms with Gasteiger partial charge in [0.1, 0.15) is 5.82 Å². The standard InChI is InChI=1S/C19H20ClFN2O3S/c1-13-4-5-14(10-18(13)21)12-22-19(24)16-11-15(6-7-17(16)20)27(25,26)23-8-2-3-9-23/h4-7,10-11H,2-3,8-9,12H2,1H3,(H,22,24). The number of hydrogen-bond acceptors (Lipinski definition) is 3. The Labute approximate surface area is 163 Å². The molecule has 3 rings (SSSR count). The van der Waals surface area contributed by atoms with Gasteiger partial charge in [0.15, 0.2) is 0 Å². The van der Waals surface area contributed by atoms with E-state index in [9.17, 15) is 17.6 Å². The Morgan fingerprint density at radius 2 is 1.89 bits per heavy atom. The van der Waals surface area contributed by atoms with Crippen molar-refractivity contribution in [2.75, 3.05) is 13.1 Å². The van der Waals surface area contributed by atoms with Gasteiger partial charge in [-0.05, 0) is 55.2 Å². The summed E-state index contributed by atoms with van der Waals surface area (Å²) in [5.41, 5.74) is 1.20. The Balaban J connectivity index is 1.79. The molecule has 0 bridgehead atoms. The van der Waals surface area contributed by atoms with E-state index in [1.807, 2.05) is 0 Å². The van der Waals surface area contributed by atoms with Gasteiger partial charge in [-0.2, -0.15) is 4.31 Å². The van der Waals surface area contributed by atoms with E-state index in [-0.39, 0.29) is 27.8 Å². The smallest absolute Gasteiger partial charge is 0.253 e. The van der Waals surface area contributed by atoms with Gasteiger partial charge in [-0.15, -0.1) is 0 Å². The van der Waals surface area contributed by atoms with Gasteiger partial charge >= 0.3 is 0 Å². The van der Waals surface area contributed by atoms with Crippen LogP contribution in [0, 0.1) is 12.7 Å². The number of amides is 1. The van der Waals surface area contributed by atoms with E-state index in [1.54, 1.807) is 19.1 Å². The molecule has 27 heavy (non-hydrogen) atoms. The van der Waals surface area contributed by atoms with Crippen LogP contribution in [-0.2, 0) is 16.6 Å². The molecule has 0 atom stereocenters. The van der Waals surface area contributed by atoms with E-state index in [0.717, 1.165) is 12.8 Å². The van der Waals surface area contributed by atoms with Crippen LogP contribution in [0.25, 0.3) is 0 Å². The summed E-state index contributed by atoms with van der Waals surface area (Å²) in [6.07, 6.45) is 1.65. The fraction of sp³-hybridized carbons (Fsp3) is 0.316. The van der Waals surface area contributed by atoms with Gasteiger partial charge in [0, 0.05) is 19.6 Å². The van der Waals surface area contributed by atoms with Gasteiger partial charge in [0.2, 0.25) is 10.0 Å². The van der Waals surface area contributed by atoms with Crippen LogP contribution in [-0.4, -0.2) is 31.7 Å². The summed E-state index contributed by atoms with van der Waals surface area (Å²) in [6.45, 7) is 2.72. The number of benzene rings is 2. The highest BCUT2D eigenvalue weighted by molar-refractivity contribution is 7.89.